The zero-order chi connectivity index (χ0) is 13.5. The first kappa shape index (κ1) is 16.7. The molecule has 0 atom stereocenters. The lowest BCUT2D eigenvalue weighted by Crippen LogP contribution is -1.98. The zero-order valence-corrected chi connectivity index (χ0v) is 11.7. The third kappa shape index (κ3) is 14.7. The van der Waals surface area contributed by atoms with Crippen molar-refractivity contribution in [1.29, 1.82) is 0 Å². The Morgan fingerprint density at radius 1 is 0.944 bits per heavy atom. The molecule has 0 saturated carbocycles. The summed E-state index contributed by atoms with van der Waals surface area (Å²) in [6.07, 6.45) is 19.5. The fourth-order valence-electron chi connectivity index (χ4n) is 1.42. The highest BCUT2D eigenvalue weighted by molar-refractivity contribution is 5.65. The molecule has 18 heavy (non-hydrogen) atoms. The van der Waals surface area contributed by atoms with Gasteiger partial charge in [-0.15, -0.1) is 0 Å². The maximum atomic E-state index is 10.5. The normalized spacial score (nSPS) is 11.9. The van der Waals surface area contributed by atoms with E-state index in [-0.39, 0.29) is 5.97 Å². The number of rotatable bonds is 10. The van der Waals surface area contributed by atoms with Gasteiger partial charge in [-0.3, -0.25) is 4.79 Å². The van der Waals surface area contributed by atoms with Crippen molar-refractivity contribution in [3.8, 4) is 0 Å². The summed E-state index contributed by atoms with van der Waals surface area (Å²) in [6, 6.07) is 0. The number of allylic oxidation sites excluding steroid dienone is 5. The molecule has 102 valence electrons. The first-order chi connectivity index (χ1) is 8.77. The summed E-state index contributed by atoms with van der Waals surface area (Å²) in [7, 11) is 0. The number of carbonyl (C=O) groups excluding carboxylic acids is 1. The van der Waals surface area contributed by atoms with Gasteiger partial charge in [-0.05, 0) is 38.5 Å². The van der Waals surface area contributed by atoms with Gasteiger partial charge in [0, 0.05) is 6.92 Å². The van der Waals surface area contributed by atoms with Gasteiger partial charge in [0.15, 0.2) is 0 Å². The molecule has 2 heteroatoms. The van der Waals surface area contributed by atoms with E-state index in [1.807, 2.05) is 0 Å². The van der Waals surface area contributed by atoms with Crippen LogP contribution in [0.25, 0.3) is 0 Å². The predicted octanol–water partition coefficient (Wildman–Crippen LogP) is 4.58. The molecular weight excluding hydrogens is 224 g/mol. The zero-order valence-electron chi connectivity index (χ0n) is 11.7. The molecule has 0 aromatic rings. The molecule has 0 saturated heterocycles. The topological polar surface area (TPSA) is 26.3 Å². The van der Waals surface area contributed by atoms with Gasteiger partial charge in [-0.2, -0.15) is 0 Å². The van der Waals surface area contributed by atoms with Crippen LogP contribution in [0.4, 0.5) is 0 Å². The summed E-state index contributed by atoms with van der Waals surface area (Å²) < 4.78 is 4.83. The number of hydrogen-bond donors (Lipinski definition) is 0. The molecule has 0 aliphatic rings. The molecule has 0 spiro atoms. The summed E-state index contributed by atoms with van der Waals surface area (Å²) in [5.41, 5.74) is 0. The second-order valence-corrected chi connectivity index (χ2v) is 4.12. The van der Waals surface area contributed by atoms with E-state index in [9.17, 15) is 4.79 Å². The maximum Gasteiger partial charge on any atom is 0.302 e. The summed E-state index contributed by atoms with van der Waals surface area (Å²) in [4.78, 5) is 10.5. The van der Waals surface area contributed by atoms with Gasteiger partial charge in [0.2, 0.25) is 0 Å². The van der Waals surface area contributed by atoms with Crippen molar-refractivity contribution in [2.75, 3.05) is 6.61 Å². The summed E-state index contributed by atoms with van der Waals surface area (Å²) in [5, 5.41) is 0. The second kappa shape index (κ2) is 13.8. The minimum atomic E-state index is -0.203. The Labute approximate surface area is 111 Å². The van der Waals surface area contributed by atoms with Gasteiger partial charge in [0.1, 0.15) is 0 Å². The fourth-order valence-corrected chi connectivity index (χ4v) is 1.42. The Hall–Kier alpha value is -1.31. The van der Waals surface area contributed by atoms with Crippen LogP contribution in [0, 0.1) is 0 Å². The lowest BCUT2D eigenvalue weighted by molar-refractivity contribution is -0.140. The number of esters is 1. The van der Waals surface area contributed by atoms with Gasteiger partial charge in [-0.1, -0.05) is 43.4 Å². The minimum absolute atomic E-state index is 0.203. The second-order valence-electron chi connectivity index (χ2n) is 4.12. The lowest BCUT2D eigenvalue weighted by Gasteiger charge is -1.96. The van der Waals surface area contributed by atoms with Crippen LogP contribution in [0.3, 0.4) is 0 Å². The summed E-state index contributed by atoms with van der Waals surface area (Å²) in [6.45, 7) is 4.08. The van der Waals surface area contributed by atoms with E-state index < -0.39 is 0 Å². The van der Waals surface area contributed by atoms with Crippen LogP contribution >= 0.6 is 0 Å². The van der Waals surface area contributed by atoms with Gasteiger partial charge < -0.3 is 4.74 Å². The maximum absolute atomic E-state index is 10.5. The van der Waals surface area contributed by atoms with Crippen LogP contribution in [0.5, 0.6) is 0 Å². The van der Waals surface area contributed by atoms with Crippen LogP contribution in [0.2, 0.25) is 0 Å². The Bertz CT molecular complexity index is 275. The van der Waals surface area contributed by atoms with Gasteiger partial charge in [0.05, 0.1) is 6.61 Å². The average molecular weight is 250 g/mol. The molecule has 0 amide bonds. The van der Waals surface area contributed by atoms with Crippen molar-refractivity contribution < 1.29 is 9.53 Å². The molecule has 2 nitrogen and oxygen atoms in total. The first-order valence-corrected chi connectivity index (χ1v) is 6.85. The number of hydrogen-bond acceptors (Lipinski definition) is 2. The van der Waals surface area contributed by atoms with Gasteiger partial charge in [0.25, 0.3) is 0 Å². The van der Waals surface area contributed by atoms with Crippen molar-refractivity contribution in [1.82, 2.24) is 0 Å². The van der Waals surface area contributed by atoms with E-state index in [0.29, 0.717) is 6.61 Å². The van der Waals surface area contributed by atoms with E-state index in [4.69, 9.17) is 4.74 Å². The van der Waals surface area contributed by atoms with E-state index in [0.717, 1.165) is 32.1 Å². The standard InChI is InChI=1S/C16H26O2/c1-3-4-5-6-7-8-9-10-11-12-13-14-15-18-16(2)17/h4-5,7-8,12-13H,3,6,9-11,14-15H2,1-2H3. The molecule has 0 heterocycles. The van der Waals surface area contributed by atoms with Crippen LogP contribution in [-0.4, -0.2) is 12.6 Å². The molecule has 0 fully saturated rings. The highest BCUT2D eigenvalue weighted by Crippen LogP contribution is 2.00. The SMILES string of the molecule is CCC=CCC=CCCCC=CCCOC(C)=O. The highest BCUT2D eigenvalue weighted by atomic mass is 16.5. The Morgan fingerprint density at radius 2 is 1.56 bits per heavy atom. The lowest BCUT2D eigenvalue weighted by atomic mass is 10.2. The minimum Gasteiger partial charge on any atom is -0.466 e. The molecule has 0 radical (unpaired) electrons. The third-order valence-corrected chi connectivity index (χ3v) is 2.34. The number of carbonyl (C=O) groups is 1. The molecule has 0 aromatic carbocycles. The van der Waals surface area contributed by atoms with Crippen molar-refractivity contribution in [3.63, 3.8) is 0 Å². The Morgan fingerprint density at radius 3 is 2.22 bits per heavy atom. The van der Waals surface area contributed by atoms with Crippen molar-refractivity contribution in [2.45, 2.75) is 52.4 Å². The van der Waals surface area contributed by atoms with Gasteiger partial charge >= 0.3 is 5.97 Å². The van der Waals surface area contributed by atoms with Crippen LogP contribution in [0.1, 0.15) is 52.4 Å². The monoisotopic (exact) mass is 250 g/mol. The van der Waals surface area contributed by atoms with Gasteiger partial charge in [-0.25, -0.2) is 0 Å². The molecule has 0 aromatic heterocycles. The van der Waals surface area contributed by atoms with Crippen LogP contribution < -0.4 is 0 Å². The summed E-state index contributed by atoms with van der Waals surface area (Å²) >= 11 is 0. The number of ether oxygens (including phenoxy) is 1. The quantitative estimate of drug-likeness (QED) is 0.322. The first-order valence-electron chi connectivity index (χ1n) is 6.85. The van der Waals surface area contributed by atoms with Crippen molar-refractivity contribution >= 4 is 5.97 Å². The van der Waals surface area contributed by atoms with Crippen LogP contribution in [-0.2, 0) is 9.53 Å². The van der Waals surface area contributed by atoms with Crippen molar-refractivity contribution in [3.05, 3.63) is 36.5 Å². The molecule has 0 aliphatic heterocycles. The smallest absolute Gasteiger partial charge is 0.302 e. The van der Waals surface area contributed by atoms with Crippen molar-refractivity contribution in [2.24, 2.45) is 0 Å². The summed E-state index contributed by atoms with van der Waals surface area (Å²) in [5.74, 6) is -0.203. The molecule has 0 unspecified atom stereocenters. The molecular formula is C16H26O2. The third-order valence-electron chi connectivity index (χ3n) is 2.34. The molecule has 0 rings (SSSR count). The van der Waals surface area contributed by atoms with E-state index in [1.165, 1.54) is 13.3 Å². The highest BCUT2D eigenvalue weighted by Gasteiger charge is 1.88. The number of unbranched alkanes of at least 4 members (excludes halogenated alkanes) is 2. The predicted molar refractivity (Wildman–Crippen MR) is 77.4 cm³/mol. The Balaban J connectivity index is 3.26. The molecule has 0 N–H and O–H groups in total. The fraction of sp³-hybridized carbons (Fsp3) is 0.562. The molecule has 0 aliphatic carbocycles. The van der Waals surface area contributed by atoms with E-state index >= 15 is 0 Å². The Kier molecular flexibility index (Phi) is 12.8. The van der Waals surface area contributed by atoms with E-state index in [2.05, 4.69) is 43.4 Å². The largest absolute Gasteiger partial charge is 0.466 e. The average Bonchev–Trinajstić information content (AvgIpc) is 2.34. The molecule has 0 bridgehead atoms. The van der Waals surface area contributed by atoms with Crippen LogP contribution in [0.15, 0.2) is 36.5 Å². The van der Waals surface area contributed by atoms with E-state index in [1.54, 1.807) is 0 Å².